The first kappa shape index (κ1) is 11.6. The van der Waals surface area contributed by atoms with E-state index >= 15 is 0 Å². The van der Waals surface area contributed by atoms with E-state index in [1.807, 2.05) is 0 Å². The molecule has 1 heterocycles. The lowest BCUT2D eigenvalue weighted by atomic mass is 10.0. The van der Waals surface area contributed by atoms with Gasteiger partial charge < -0.3 is 11.1 Å². The number of anilines is 2. The van der Waals surface area contributed by atoms with Crippen LogP contribution in [-0.4, -0.2) is 16.5 Å². The first-order valence-electron chi connectivity index (χ1n) is 5.67. The molecule has 1 aliphatic rings. The predicted octanol–water partition coefficient (Wildman–Crippen LogP) is 2.81. The monoisotopic (exact) mass is 284 g/mol. The number of aromatic nitrogens is 2. The summed E-state index contributed by atoms with van der Waals surface area (Å²) in [6.45, 7) is 3.22. The third kappa shape index (κ3) is 2.45. The van der Waals surface area contributed by atoms with Crippen LogP contribution in [0.1, 0.15) is 32.6 Å². The molecule has 0 saturated heterocycles. The highest BCUT2D eigenvalue weighted by Crippen LogP contribution is 2.49. The Morgan fingerprint density at radius 2 is 2.25 bits per heavy atom. The molecule has 0 spiro atoms. The van der Waals surface area contributed by atoms with E-state index in [0.717, 1.165) is 16.8 Å². The zero-order valence-corrected chi connectivity index (χ0v) is 11.0. The maximum absolute atomic E-state index is 5.70. The van der Waals surface area contributed by atoms with Gasteiger partial charge in [-0.25, -0.2) is 9.97 Å². The Kier molecular flexibility index (Phi) is 3.33. The van der Waals surface area contributed by atoms with E-state index in [-0.39, 0.29) is 0 Å². The molecule has 16 heavy (non-hydrogen) atoms. The molecular formula is C11H17BrN4. The maximum Gasteiger partial charge on any atom is 0.145 e. The van der Waals surface area contributed by atoms with E-state index in [2.05, 4.69) is 38.1 Å². The number of nitrogen functional groups attached to an aromatic ring is 1. The molecule has 88 valence electrons. The van der Waals surface area contributed by atoms with E-state index in [1.54, 1.807) is 0 Å². The highest BCUT2D eigenvalue weighted by Gasteiger charge is 2.41. The molecule has 1 saturated carbocycles. The number of hydrogen-bond acceptors (Lipinski definition) is 4. The fraction of sp³-hybridized carbons (Fsp3) is 0.636. The van der Waals surface area contributed by atoms with Crippen LogP contribution in [-0.2, 0) is 0 Å². The normalized spacial score (nSPS) is 17.1. The molecule has 1 aliphatic carbocycles. The zero-order chi connectivity index (χ0) is 11.6. The molecule has 0 amide bonds. The smallest absolute Gasteiger partial charge is 0.145 e. The van der Waals surface area contributed by atoms with Crippen LogP contribution in [0.2, 0.25) is 0 Å². The zero-order valence-electron chi connectivity index (χ0n) is 9.46. The second-order valence-electron chi connectivity index (χ2n) is 4.53. The van der Waals surface area contributed by atoms with Crippen molar-refractivity contribution < 1.29 is 0 Å². The molecule has 0 aromatic carbocycles. The summed E-state index contributed by atoms with van der Waals surface area (Å²) in [7, 11) is 0. The SMILES string of the molecule is CCCC1(CNc2ncnc(N)c2Br)CC1. The van der Waals surface area contributed by atoms with Crippen molar-refractivity contribution in [2.45, 2.75) is 32.6 Å². The second-order valence-corrected chi connectivity index (χ2v) is 5.32. The molecule has 1 aromatic heterocycles. The van der Waals surface area contributed by atoms with Crippen LogP contribution < -0.4 is 11.1 Å². The van der Waals surface area contributed by atoms with Crippen molar-refractivity contribution in [2.75, 3.05) is 17.6 Å². The third-order valence-corrected chi connectivity index (χ3v) is 3.97. The molecule has 5 heteroatoms. The van der Waals surface area contributed by atoms with Gasteiger partial charge in [0.05, 0.1) is 0 Å². The Morgan fingerprint density at radius 3 is 2.88 bits per heavy atom. The number of nitrogens with two attached hydrogens (primary N) is 1. The topological polar surface area (TPSA) is 63.8 Å². The molecule has 0 atom stereocenters. The van der Waals surface area contributed by atoms with E-state index < -0.39 is 0 Å². The first-order chi connectivity index (χ1) is 7.67. The summed E-state index contributed by atoms with van der Waals surface area (Å²) in [5.41, 5.74) is 6.20. The summed E-state index contributed by atoms with van der Waals surface area (Å²) < 4.78 is 0.766. The van der Waals surface area contributed by atoms with Gasteiger partial charge >= 0.3 is 0 Å². The van der Waals surface area contributed by atoms with Crippen LogP contribution in [0.25, 0.3) is 0 Å². The maximum atomic E-state index is 5.70. The van der Waals surface area contributed by atoms with E-state index in [1.165, 1.54) is 32.0 Å². The fourth-order valence-electron chi connectivity index (χ4n) is 2.00. The predicted molar refractivity (Wildman–Crippen MR) is 69.2 cm³/mol. The summed E-state index contributed by atoms with van der Waals surface area (Å²) in [4.78, 5) is 8.10. The Bertz CT molecular complexity index is 376. The van der Waals surface area contributed by atoms with Crippen LogP contribution in [0, 0.1) is 5.41 Å². The van der Waals surface area contributed by atoms with Crippen LogP contribution in [0.4, 0.5) is 11.6 Å². The highest BCUT2D eigenvalue weighted by atomic mass is 79.9. The van der Waals surface area contributed by atoms with Gasteiger partial charge in [0, 0.05) is 6.54 Å². The van der Waals surface area contributed by atoms with Gasteiger partial charge in [0.25, 0.3) is 0 Å². The Hall–Kier alpha value is -0.840. The number of hydrogen-bond donors (Lipinski definition) is 2. The van der Waals surface area contributed by atoms with Gasteiger partial charge in [-0.15, -0.1) is 0 Å². The first-order valence-corrected chi connectivity index (χ1v) is 6.46. The largest absolute Gasteiger partial charge is 0.383 e. The molecule has 0 aliphatic heterocycles. The lowest BCUT2D eigenvalue weighted by molar-refractivity contribution is 0.485. The van der Waals surface area contributed by atoms with Crippen molar-refractivity contribution in [3.8, 4) is 0 Å². The number of rotatable bonds is 5. The Morgan fingerprint density at radius 1 is 1.50 bits per heavy atom. The number of halogens is 1. The standard InChI is InChI=1S/C11H17BrN4/c1-2-3-11(4-5-11)6-14-10-8(12)9(13)15-7-16-10/h7H,2-6H2,1H3,(H3,13,14,15,16). The van der Waals surface area contributed by atoms with Crippen molar-refractivity contribution in [1.29, 1.82) is 0 Å². The van der Waals surface area contributed by atoms with E-state index in [4.69, 9.17) is 5.73 Å². The average Bonchev–Trinajstić information content (AvgIpc) is 3.02. The minimum absolute atomic E-state index is 0.484. The van der Waals surface area contributed by atoms with Crippen LogP contribution in [0.5, 0.6) is 0 Å². The van der Waals surface area contributed by atoms with Crippen molar-refractivity contribution in [3.63, 3.8) is 0 Å². The number of nitrogens with zero attached hydrogens (tertiary/aromatic N) is 2. The van der Waals surface area contributed by atoms with Gasteiger partial charge in [0.15, 0.2) is 0 Å². The minimum Gasteiger partial charge on any atom is -0.383 e. The third-order valence-electron chi connectivity index (χ3n) is 3.18. The molecule has 0 radical (unpaired) electrons. The summed E-state index contributed by atoms with van der Waals surface area (Å²) in [5, 5.41) is 3.36. The molecule has 3 N–H and O–H groups in total. The molecule has 1 fully saturated rings. The summed E-state index contributed by atoms with van der Waals surface area (Å²) in [6, 6.07) is 0. The lowest BCUT2D eigenvalue weighted by Crippen LogP contribution is -2.16. The quantitative estimate of drug-likeness (QED) is 0.873. The van der Waals surface area contributed by atoms with E-state index in [0.29, 0.717) is 11.2 Å². The molecular weight excluding hydrogens is 268 g/mol. The van der Waals surface area contributed by atoms with Gasteiger partial charge in [0.1, 0.15) is 22.4 Å². The molecule has 0 unspecified atom stereocenters. The van der Waals surface area contributed by atoms with Crippen LogP contribution >= 0.6 is 15.9 Å². The summed E-state index contributed by atoms with van der Waals surface area (Å²) in [5.74, 6) is 1.28. The molecule has 0 bridgehead atoms. The van der Waals surface area contributed by atoms with Gasteiger partial charge in [-0.05, 0) is 40.6 Å². The fourth-order valence-corrected chi connectivity index (χ4v) is 2.35. The molecule has 1 aromatic rings. The van der Waals surface area contributed by atoms with Crippen molar-refractivity contribution in [3.05, 3.63) is 10.8 Å². The van der Waals surface area contributed by atoms with E-state index in [9.17, 15) is 0 Å². The summed E-state index contributed by atoms with van der Waals surface area (Å²) >= 11 is 3.39. The van der Waals surface area contributed by atoms with Gasteiger partial charge in [-0.1, -0.05) is 13.3 Å². The lowest BCUT2D eigenvalue weighted by Gasteiger charge is -2.16. The van der Waals surface area contributed by atoms with Gasteiger partial charge in [-0.3, -0.25) is 0 Å². The van der Waals surface area contributed by atoms with Crippen molar-refractivity contribution in [2.24, 2.45) is 5.41 Å². The summed E-state index contributed by atoms with van der Waals surface area (Å²) in [6.07, 6.45) is 6.67. The number of nitrogens with one attached hydrogen (secondary N) is 1. The highest BCUT2D eigenvalue weighted by molar-refractivity contribution is 9.10. The van der Waals surface area contributed by atoms with Crippen LogP contribution in [0.15, 0.2) is 10.8 Å². The van der Waals surface area contributed by atoms with Crippen molar-refractivity contribution >= 4 is 27.6 Å². The average molecular weight is 285 g/mol. The Balaban J connectivity index is 1.97. The second kappa shape index (κ2) is 4.57. The minimum atomic E-state index is 0.484. The van der Waals surface area contributed by atoms with Gasteiger partial charge in [-0.2, -0.15) is 0 Å². The van der Waals surface area contributed by atoms with Crippen LogP contribution in [0.3, 0.4) is 0 Å². The Labute approximate surface area is 104 Å². The molecule has 4 nitrogen and oxygen atoms in total. The van der Waals surface area contributed by atoms with Crippen molar-refractivity contribution in [1.82, 2.24) is 9.97 Å². The molecule has 2 rings (SSSR count). The van der Waals surface area contributed by atoms with Gasteiger partial charge in [0.2, 0.25) is 0 Å².